The molecule has 0 N–H and O–H groups in total. The first-order valence-electron chi connectivity index (χ1n) is 7.94. The lowest BCUT2D eigenvalue weighted by Gasteiger charge is -2.48. The Bertz CT molecular complexity index is 240. The van der Waals surface area contributed by atoms with Crippen molar-refractivity contribution in [3.8, 4) is 0 Å². The molecule has 1 heteroatoms. The molecule has 0 aromatic heterocycles. The topological polar surface area (TPSA) is 0 Å². The smallest absolute Gasteiger partial charge is 0.0892 e. The summed E-state index contributed by atoms with van der Waals surface area (Å²) in [6.07, 6.45) is 8.79. The van der Waals surface area contributed by atoms with Gasteiger partial charge in [-0.2, -0.15) is 0 Å². The summed E-state index contributed by atoms with van der Waals surface area (Å²) in [6.45, 7) is 13.0. The summed E-state index contributed by atoms with van der Waals surface area (Å²) in [6, 6.07) is 1.77. The van der Waals surface area contributed by atoms with Gasteiger partial charge in [0.25, 0.3) is 0 Å². The van der Waals surface area contributed by atoms with Crippen LogP contribution in [0.3, 0.4) is 0 Å². The van der Waals surface area contributed by atoms with Gasteiger partial charge in [0.05, 0.1) is 25.2 Å². The summed E-state index contributed by atoms with van der Waals surface area (Å²) in [5.41, 5.74) is 0. The molecular weight excluding hydrogens is 206 g/mol. The molecule has 0 saturated carbocycles. The van der Waals surface area contributed by atoms with Crippen molar-refractivity contribution in [2.45, 2.75) is 78.3 Å². The van der Waals surface area contributed by atoms with E-state index < -0.39 is 0 Å². The second-order valence-corrected chi connectivity index (χ2v) is 6.97. The van der Waals surface area contributed by atoms with E-state index in [0.29, 0.717) is 0 Å². The highest BCUT2D eigenvalue weighted by Gasteiger charge is 2.45. The Hall–Kier alpha value is -0.0400. The Balaban J connectivity index is 2.26. The molecule has 2 rings (SSSR count). The quantitative estimate of drug-likeness (QED) is 0.554. The molecule has 2 saturated heterocycles. The summed E-state index contributed by atoms with van der Waals surface area (Å²) in [5, 5.41) is 0. The predicted molar refractivity (Wildman–Crippen MR) is 74.9 cm³/mol. The standard InChI is InChI=1S/C16H32N/c1-13-9-10-14(2)17(16(4)15(13)3)11-7-5-6-8-12-17/h13-16H,5-12H2,1-4H3/q+1. The SMILES string of the molecule is CC1CCC(C)[N+]2(CCCCCC2)C(C)C1C. The van der Waals surface area contributed by atoms with E-state index in [-0.39, 0.29) is 0 Å². The first kappa shape index (κ1) is 13.4. The molecule has 17 heavy (non-hydrogen) atoms. The molecule has 0 aliphatic carbocycles. The van der Waals surface area contributed by atoms with Gasteiger partial charge >= 0.3 is 0 Å². The highest BCUT2D eigenvalue weighted by Crippen LogP contribution is 2.38. The number of quaternary nitrogens is 1. The van der Waals surface area contributed by atoms with Crippen LogP contribution in [0.25, 0.3) is 0 Å². The molecule has 2 aliphatic rings. The maximum atomic E-state index is 2.55. The molecule has 2 fully saturated rings. The van der Waals surface area contributed by atoms with E-state index >= 15 is 0 Å². The van der Waals surface area contributed by atoms with Crippen molar-refractivity contribution in [1.29, 1.82) is 0 Å². The fraction of sp³-hybridized carbons (Fsp3) is 1.00. The maximum Gasteiger partial charge on any atom is 0.0892 e. The van der Waals surface area contributed by atoms with Crippen molar-refractivity contribution in [3.05, 3.63) is 0 Å². The zero-order valence-electron chi connectivity index (χ0n) is 12.4. The van der Waals surface area contributed by atoms with Gasteiger partial charge in [0.2, 0.25) is 0 Å². The zero-order chi connectivity index (χ0) is 12.5. The van der Waals surface area contributed by atoms with Crippen molar-refractivity contribution in [1.82, 2.24) is 0 Å². The predicted octanol–water partition coefficient (Wildman–Crippen LogP) is 4.22. The van der Waals surface area contributed by atoms with Crippen molar-refractivity contribution in [2.75, 3.05) is 13.1 Å². The highest BCUT2D eigenvalue weighted by atomic mass is 15.4. The van der Waals surface area contributed by atoms with Gasteiger partial charge in [0.15, 0.2) is 0 Å². The minimum atomic E-state index is 0.876. The monoisotopic (exact) mass is 238 g/mol. The van der Waals surface area contributed by atoms with E-state index in [2.05, 4.69) is 27.7 Å². The average Bonchev–Trinajstić information content (AvgIpc) is 2.62. The van der Waals surface area contributed by atoms with Crippen LogP contribution in [0.4, 0.5) is 0 Å². The minimum Gasteiger partial charge on any atom is -0.319 e. The van der Waals surface area contributed by atoms with Crippen molar-refractivity contribution < 1.29 is 4.48 Å². The van der Waals surface area contributed by atoms with Gasteiger partial charge in [0.1, 0.15) is 0 Å². The van der Waals surface area contributed by atoms with Gasteiger partial charge in [-0.15, -0.1) is 0 Å². The van der Waals surface area contributed by atoms with Crippen LogP contribution in [0, 0.1) is 11.8 Å². The number of nitrogens with zero attached hydrogens (tertiary/aromatic N) is 1. The van der Waals surface area contributed by atoms with Crippen LogP contribution < -0.4 is 0 Å². The normalized spacial score (nSPS) is 43.1. The Kier molecular flexibility index (Phi) is 4.18. The molecule has 2 aliphatic heterocycles. The third-order valence-electron chi connectivity index (χ3n) is 6.29. The van der Waals surface area contributed by atoms with E-state index in [9.17, 15) is 0 Å². The van der Waals surface area contributed by atoms with E-state index in [1.165, 1.54) is 56.1 Å². The molecule has 4 atom stereocenters. The van der Waals surface area contributed by atoms with Gasteiger partial charge in [-0.3, -0.25) is 0 Å². The molecule has 100 valence electrons. The molecule has 1 spiro atoms. The van der Waals surface area contributed by atoms with Crippen LogP contribution in [-0.4, -0.2) is 29.7 Å². The van der Waals surface area contributed by atoms with Gasteiger partial charge < -0.3 is 4.48 Å². The zero-order valence-corrected chi connectivity index (χ0v) is 12.4. The van der Waals surface area contributed by atoms with Crippen molar-refractivity contribution in [2.24, 2.45) is 11.8 Å². The lowest BCUT2D eigenvalue weighted by molar-refractivity contribution is -0.971. The third kappa shape index (κ3) is 2.41. The molecule has 0 bridgehead atoms. The molecule has 1 nitrogen and oxygen atoms in total. The Labute approximate surface area is 108 Å². The van der Waals surface area contributed by atoms with Gasteiger partial charge in [-0.25, -0.2) is 0 Å². The number of hydrogen-bond donors (Lipinski definition) is 0. The Morgan fingerprint density at radius 2 is 1.35 bits per heavy atom. The number of rotatable bonds is 0. The Morgan fingerprint density at radius 1 is 0.765 bits per heavy atom. The van der Waals surface area contributed by atoms with Crippen LogP contribution >= 0.6 is 0 Å². The molecule has 0 aromatic rings. The van der Waals surface area contributed by atoms with Crippen LogP contribution in [0.15, 0.2) is 0 Å². The van der Waals surface area contributed by atoms with E-state index in [4.69, 9.17) is 0 Å². The summed E-state index contributed by atoms with van der Waals surface area (Å²) >= 11 is 0. The molecule has 0 aromatic carbocycles. The summed E-state index contributed by atoms with van der Waals surface area (Å²) in [4.78, 5) is 0. The van der Waals surface area contributed by atoms with Crippen LogP contribution in [-0.2, 0) is 0 Å². The fourth-order valence-corrected chi connectivity index (χ4v) is 4.50. The summed E-state index contributed by atoms with van der Waals surface area (Å²) in [5.74, 6) is 1.83. The van der Waals surface area contributed by atoms with E-state index in [1.807, 2.05) is 0 Å². The van der Waals surface area contributed by atoms with Gasteiger partial charge in [0, 0.05) is 5.92 Å². The van der Waals surface area contributed by atoms with Gasteiger partial charge in [-0.1, -0.05) is 13.8 Å². The average molecular weight is 238 g/mol. The fourth-order valence-electron chi connectivity index (χ4n) is 4.50. The molecule has 2 heterocycles. The van der Waals surface area contributed by atoms with Gasteiger partial charge in [-0.05, 0) is 58.3 Å². The first-order valence-corrected chi connectivity index (χ1v) is 7.94. The molecule has 0 amide bonds. The summed E-state index contributed by atoms with van der Waals surface area (Å²) in [7, 11) is 0. The molecule has 4 unspecified atom stereocenters. The lowest BCUT2D eigenvalue weighted by Crippen LogP contribution is -2.61. The first-order chi connectivity index (χ1) is 8.08. The lowest BCUT2D eigenvalue weighted by atomic mass is 9.87. The third-order valence-corrected chi connectivity index (χ3v) is 6.29. The van der Waals surface area contributed by atoms with E-state index in [1.54, 1.807) is 0 Å². The molecule has 0 radical (unpaired) electrons. The Morgan fingerprint density at radius 3 is 1.94 bits per heavy atom. The largest absolute Gasteiger partial charge is 0.319 e. The van der Waals surface area contributed by atoms with Crippen molar-refractivity contribution in [3.63, 3.8) is 0 Å². The second kappa shape index (κ2) is 5.30. The summed E-state index contributed by atoms with van der Waals surface area (Å²) < 4.78 is 1.45. The molecular formula is C16H32N+. The highest BCUT2D eigenvalue weighted by molar-refractivity contribution is 4.77. The van der Waals surface area contributed by atoms with Crippen LogP contribution in [0.1, 0.15) is 66.2 Å². The minimum absolute atomic E-state index is 0.876. The second-order valence-electron chi connectivity index (χ2n) is 6.97. The number of hydrogen-bond acceptors (Lipinski definition) is 0. The van der Waals surface area contributed by atoms with E-state index in [0.717, 1.165) is 23.9 Å². The van der Waals surface area contributed by atoms with Crippen molar-refractivity contribution >= 4 is 0 Å². The van der Waals surface area contributed by atoms with Crippen LogP contribution in [0.2, 0.25) is 0 Å². The maximum absolute atomic E-state index is 2.55. The van der Waals surface area contributed by atoms with Crippen LogP contribution in [0.5, 0.6) is 0 Å².